The molecule has 0 aromatic heterocycles. The zero-order valence-corrected chi connectivity index (χ0v) is 12.0. The first kappa shape index (κ1) is 14.3. The summed E-state index contributed by atoms with van der Waals surface area (Å²) in [5, 5.41) is 3.24. The molecule has 4 heteroatoms. The largest absolute Gasteiger partial charge is 0.465 e. The van der Waals surface area contributed by atoms with Crippen molar-refractivity contribution >= 4 is 17.4 Å². The fourth-order valence-electron chi connectivity index (χ4n) is 2.43. The Hall–Kier alpha value is -2.10. The third kappa shape index (κ3) is 3.47. The van der Waals surface area contributed by atoms with Gasteiger partial charge in [-0.05, 0) is 29.7 Å². The molecule has 0 heterocycles. The van der Waals surface area contributed by atoms with Gasteiger partial charge in [-0.15, -0.1) is 0 Å². The van der Waals surface area contributed by atoms with Crippen molar-refractivity contribution in [2.75, 3.05) is 12.4 Å². The summed E-state index contributed by atoms with van der Waals surface area (Å²) in [5.41, 5.74) is 2.17. The molecule has 1 N–H and O–H groups in total. The number of rotatable bonds is 3. The maximum Gasteiger partial charge on any atom is 0.337 e. The molecular weight excluding hydrogens is 254 g/mol. The van der Waals surface area contributed by atoms with Crippen LogP contribution in [0.2, 0.25) is 0 Å². The normalized spacial score (nSPS) is 17.4. The average molecular weight is 273 g/mol. The number of hydrogen-bond acceptors (Lipinski definition) is 4. The van der Waals surface area contributed by atoms with Crippen molar-refractivity contribution in [1.82, 2.24) is 0 Å². The van der Waals surface area contributed by atoms with Gasteiger partial charge in [-0.1, -0.05) is 19.9 Å². The van der Waals surface area contributed by atoms with Crippen LogP contribution in [0.15, 0.2) is 36.0 Å². The zero-order valence-electron chi connectivity index (χ0n) is 12.0. The minimum Gasteiger partial charge on any atom is -0.465 e. The minimum absolute atomic E-state index is 0.108. The number of hydrogen-bond donors (Lipinski definition) is 1. The smallest absolute Gasteiger partial charge is 0.337 e. The highest BCUT2D eigenvalue weighted by Gasteiger charge is 2.26. The minimum atomic E-state index is -0.357. The number of Topliss-reactive ketones (excluding diaryl/α,β-unsaturated/α-hetero) is 1. The summed E-state index contributed by atoms with van der Waals surface area (Å²) in [6.07, 6.45) is 3.12. The second kappa shape index (κ2) is 5.49. The third-order valence-corrected chi connectivity index (χ3v) is 3.22. The van der Waals surface area contributed by atoms with Gasteiger partial charge >= 0.3 is 5.97 Å². The van der Waals surface area contributed by atoms with Gasteiger partial charge in [-0.2, -0.15) is 0 Å². The van der Waals surface area contributed by atoms with E-state index in [1.807, 2.05) is 13.8 Å². The van der Waals surface area contributed by atoms with E-state index >= 15 is 0 Å². The van der Waals surface area contributed by atoms with Crippen LogP contribution < -0.4 is 5.32 Å². The number of methoxy groups -OCH3 is 1. The highest BCUT2D eigenvalue weighted by Crippen LogP contribution is 2.31. The molecule has 0 saturated heterocycles. The van der Waals surface area contributed by atoms with Gasteiger partial charge in [0.15, 0.2) is 0 Å². The van der Waals surface area contributed by atoms with E-state index in [0.717, 1.165) is 11.4 Å². The Morgan fingerprint density at radius 1 is 1.25 bits per heavy atom. The number of carbonyl (C=O) groups is 2. The van der Waals surface area contributed by atoms with Gasteiger partial charge < -0.3 is 10.1 Å². The van der Waals surface area contributed by atoms with Crippen molar-refractivity contribution in [2.24, 2.45) is 5.41 Å². The van der Waals surface area contributed by atoms with E-state index in [9.17, 15) is 9.59 Å². The van der Waals surface area contributed by atoms with E-state index in [-0.39, 0.29) is 17.2 Å². The lowest BCUT2D eigenvalue weighted by molar-refractivity contribution is -0.120. The second-order valence-corrected chi connectivity index (χ2v) is 5.74. The molecule has 1 aliphatic carbocycles. The van der Waals surface area contributed by atoms with Crippen LogP contribution in [-0.2, 0) is 9.53 Å². The number of benzene rings is 1. The van der Waals surface area contributed by atoms with Crippen LogP contribution in [0, 0.1) is 5.41 Å². The Bertz CT molecular complexity index is 556. The first-order chi connectivity index (χ1) is 9.39. The summed E-state index contributed by atoms with van der Waals surface area (Å²) in [4.78, 5) is 23.1. The van der Waals surface area contributed by atoms with Crippen LogP contribution in [0.5, 0.6) is 0 Å². The van der Waals surface area contributed by atoms with Crippen molar-refractivity contribution in [3.63, 3.8) is 0 Å². The summed E-state index contributed by atoms with van der Waals surface area (Å²) in [5.74, 6) is -0.115. The van der Waals surface area contributed by atoms with Crippen LogP contribution in [0.25, 0.3) is 0 Å². The number of anilines is 1. The number of carbonyl (C=O) groups excluding carboxylic acids is 2. The second-order valence-electron chi connectivity index (χ2n) is 5.74. The van der Waals surface area contributed by atoms with Gasteiger partial charge in [0.05, 0.1) is 12.7 Å². The van der Waals surface area contributed by atoms with Gasteiger partial charge in [-0.3, -0.25) is 4.79 Å². The predicted molar refractivity (Wildman–Crippen MR) is 77.5 cm³/mol. The van der Waals surface area contributed by atoms with Gasteiger partial charge in [0.2, 0.25) is 0 Å². The number of ether oxygens (including phenoxy) is 1. The standard InChI is InChI=1S/C16H19NO3/c1-16(2)9-13(8-14(18)10-16)17-12-6-4-11(5-7-12)15(19)20-3/h4-7,9,17H,8,10H2,1-3H3. The highest BCUT2D eigenvalue weighted by molar-refractivity contribution is 5.89. The third-order valence-electron chi connectivity index (χ3n) is 3.22. The summed E-state index contributed by atoms with van der Waals surface area (Å²) >= 11 is 0. The molecule has 1 aliphatic rings. The first-order valence-electron chi connectivity index (χ1n) is 6.58. The van der Waals surface area contributed by atoms with Crippen molar-refractivity contribution < 1.29 is 14.3 Å². The van der Waals surface area contributed by atoms with Crippen molar-refractivity contribution in [3.8, 4) is 0 Å². The molecule has 0 atom stereocenters. The van der Waals surface area contributed by atoms with Crippen molar-refractivity contribution in [1.29, 1.82) is 0 Å². The van der Waals surface area contributed by atoms with E-state index in [0.29, 0.717) is 18.4 Å². The molecule has 0 fully saturated rings. The lowest BCUT2D eigenvalue weighted by atomic mass is 9.81. The summed E-state index contributed by atoms with van der Waals surface area (Å²) < 4.78 is 4.65. The Morgan fingerprint density at radius 2 is 1.90 bits per heavy atom. The maximum atomic E-state index is 11.7. The molecule has 0 unspecified atom stereocenters. The van der Waals surface area contributed by atoms with Gasteiger partial charge in [0.25, 0.3) is 0 Å². The molecule has 1 aromatic carbocycles. The number of esters is 1. The quantitative estimate of drug-likeness (QED) is 0.859. The lowest BCUT2D eigenvalue weighted by Crippen LogP contribution is -2.23. The fourth-order valence-corrected chi connectivity index (χ4v) is 2.43. The molecule has 0 radical (unpaired) electrons. The zero-order chi connectivity index (χ0) is 14.8. The van der Waals surface area contributed by atoms with Crippen LogP contribution in [0.1, 0.15) is 37.0 Å². The topological polar surface area (TPSA) is 55.4 Å². The Balaban J connectivity index is 2.12. The molecule has 0 saturated carbocycles. The maximum absolute atomic E-state index is 11.7. The monoisotopic (exact) mass is 273 g/mol. The Kier molecular flexibility index (Phi) is 3.93. The fraction of sp³-hybridized carbons (Fsp3) is 0.375. The molecule has 20 heavy (non-hydrogen) atoms. The van der Waals surface area contributed by atoms with Gasteiger partial charge in [-0.25, -0.2) is 4.79 Å². The Labute approximate surface area is 118 Å². The van der Waals surface area contributed by atoms with Crippen molar-refractivity contribution in [3.05, 3.63) is 41.6 Å². The summed E-state index contributed by atoms with van der Waals surface area (Å²) in [6, 6.07) is 7.01. The molecule has 0 bridgehead atoms. The molecule has 0 amide bonds. The molecule has 2 rings (SSSR count). The summed E-state index contributed by atoms with van der Waals surface area (Å²) in [6.45, 7) is 4.10. The molecular formula is C16H19NO3. The molecule has 106 valence electrons. The number of allylic oxidation sites excluding steroid dienone is 2. The SMILES string of the molecule is COC(=O)c1ccc(NC2=CC(C)(C)CC(=O)C2)cc1. The van der Waals surface area contributed by atoms with Gasteiger partial charge in [0.1, 0.15) is 5.78 Å². The van der Waals surface area contributed by atoms with Crippen LogP contribution in [-0.4, -0.2) is 18.9 Å². The number of ketones is 1. The first-order valence-corrected chi connectivity index (χ1v) is 6.58. The van der Waals surface area contributed by atoms with Crippen molar-refractivity contribution in [2.45, 2.75) is 26.7 Å². The summed E-state index contributed by atoms with van der Waals surface area (Å²) in [7, 11) is 1.36. The van der Waals surface area contributed by atoms with Crippen LogP contribution >= 0.6 is 0 Å². The Morgan fingerprint density at radius 3 is 2.45 bits per heavy atom. The van der Waals surface area contributed by atoms with E-state index in [4.69, 9.17) is 0 Å². The van der Waals surface area contributed by atoms with Gasteiger partial charge in [0, 0.05) is 24.2 Å². The van der Waals surface area contributed by atoms with E-state index in [1.165, 1.54) is 7.11 Å². The van der Waals surface area contributed by atoms with E-state index < -0.39 is 0 Å². The lowest BCUT2D eigenvalue weighted by Gasteiger charge is -2.27. The van der Waals surface area contributed by atoms with Crippen LogP contribution in [0.3, 0.4) is 0 Å². The molecule has 4 nitrogen and oxygen atoms in total. The highest BCUT2D eigenvalue weighted by atomic mass is 16.5. The predicted octanol–water partition coefficient (Wildman–Crippen LogP) is 3.16. The van der Waals surface area contributed by atoms with Crippen LogP contribution in [0.4, 0.5) is 5.69 Å². The molecule has 0 aliphatic heterocycles. The average Bonchev–Trinajstić information content (AvgIpc) is 2.36. The van der Waals surface area contributed by atoms with E-state index in [2.05, 4.69) is 16.1 Å². The van der Waals surface area contributed by atoms with E-state index in [1.54, 1.807) is 24.3 Å². The number of nitrogens with one attached hydrogen (secondary N) is 1. The molecule has 1 aromatic rings. The molecule has 0 spiro atoms.